The van der Waals surface area contributed by atoms with Crippen molar-refractivity contribution in [2.45, 2.75) is 38.6 Å². The number of amides is 2. The maximum Gasteiger partial charge on any atom is 0.227 e. The average Bonchev–Trinajstić information content (AvgIpc) is 2.89. The Kier molecular flexibility index (Phi) is 7.70. The Hall–Kier alpha value is -2.03. The number of nitrogens with one attached hydrogen (secondary N) is 1. The minimum Gasteiger partial charge on any atom is -0.332 e. The van der Waals surface area contributed by atoms with Gasteiger partial charge in [0.05, 0.1) is 17.6 Å². The highest BCUT2D eigenvalue weighted by Gasteiger charge is 2.37. The summed E-state index contributed by atoms with van der Waals surface area (Å²) in [5.74, 6) is 6.53. The van der Waals surface area contributed by atoms with Crippen LogP contribution < -0.4 is 5.32 Å². The number of hydrogen-bond acceptors (Lipinski definition) is 3. The summed E-state index contributed by atoms with van der Waals surface area (Å²) in [7, 11) is 1.84. The molecule has 0 spiro atoms. The molecule has 2 amide bonds. The first kappa shape index (κ1) is 21.3. The molecule has 0 aromatic heterocycles. The van der Waals surface area contributed by atoms with Gasteiger partial charge >= 0.3 is 0 Å². The van der Waals surface area contributed by atoms with E-state index >= 15 is 0 Å². The number of halogens is 1. The van der Waals surface area contributed by atoms with Gasteiger partial charge in [-0.05, 0) is 44.5 Å². The molecule has 0 aliphatic carbocycles. The number of carbonyl (C=O) groups excluding carboxylic acids is 2. The number of likely N-dealkylation sites (tertiary alicyclic amines) is 2. The van der Waals surface area contributed by atoms with Crippen LogP contribution in [-0.2, 0) is 9.59 Å². The van der Waals surface area contributed by atoms with Crippen LogP contribution in [0.4, 0.5) is 5.69 Å². The largest absolute Gasteiger partial charge is 0.332 e. The van der Waals surface area contributed by atoms with Gasteiger partial charge < -0.3 is 15.1 Å². The van der Waals surface area contributed by atoms with Gasteiger partial charge in [0.25, 0.3) is 0 Å². The molecule has 1 N–H and O–H groups in total. The van der Waals surface area contributed by atoms with E-state index in [9.17, 15) is 9.59 Å². The molecule has 2 saturated heterocycles. The number of hydrogen-bond donors (Lipinski definition) is 1. The Balaban J connectivity index is 0.00000261. The van der Waals surface area contributed by atoms with Crippen molar-refractivity contribution in [3.63, 3.8) is 0 Å². The molecule has 2 heterocycles. The Morgan fingerprint density at radius 1 is 1.22 bits per heavy atom. The minimum absolute atomic E-state index is 0. The number of carbonyl (C=O) groups is 2. The van der Waals surface area contributed by atoms with Crippen LogP contribution in [0.25, 0.3) is 0 Å². The molecule has 0 radical (unpaired) electrons. The Labute approximate surface area is 167 Å². The zero-order valence-corrected chi connectivity index (χ0v) is 16.8. The van der Waals surface area contributed by atoms with Crippen molar-refractivity contribution in [3.05, 3.63) is 29.8 Å². The molecule has 2 atom stereocenters. The van der Waals surface area contributed by atoms with Crippen LogP contribution in [0.15, 0.2) is 24.3 Å². The maximum absolute atomic E-state index is 12.6. The number of piperidine rings is 1. The van der Waals surface area contributed by atoms with Crippen LogP contribution >= 0.6 is 12.4 Å². The fourth-order valence-corrected chi connectivity index (χ4v) is 3.78. The SMILES string of the molecule is CC(=O)Nc1ccccc1C#C[C@@H]1C[C@H](CN2CCCCC2)C(=O)N1C.Cl. The fourth-order valence-electron chi connectivity index (χ4n) is 3.78. The predicted octanol–water partition coefficient (Wildman–Crippen LogP) is 2.75. The van der Waals surface area contributed by atoms with Gasteiger partial charge in [0.2, 0.25) is 11.8 Å². The summed E-state index contributed by atoms with van der Waals surface area (Å²) in [4.78, 5) is 28.1. The van der Waals surface area contributed by atoms with Gasteiger partial charge in [-0.25, -0.2) is 0 Å². The first-order valence-electron chi connectivity index (χ1n) is 9.42. The van der Waals surface area contributed by atoms with E-state index in [1.165, 1.54) is 26.2 Å². The Morgan fingerprint density at radius 2 is 1.93 bits per heavy atom. The number of para-hydroxylation sites is 1. The third-order valence-electron chi connectivity index (χ3n) is 5.21. The van der Waals surface area contributed by atoms with Crippen LogP contribution in [-0.4, -0.2) is 54.3 Å². The molecule has 146 valence electrons. The summed E-state index contributed by atoms with van der Waals surface area (Å²) in [5, 5.41) is 2.80. The van der Waals surface area contributed by atoms with Crippen LogP contribution in [0.3, 0.4) is 0 Å². The normalized spacial score (nSPS) is 22.6. The predicted molar refractivity (Wildman–Crippen MR) is 110 cm³/mol. The molecule has 2 aliphatic rings. The van der Waals surface area contributed by atoms with Crippen molar-refractivity contribution in [2.75, 3.05) is 32.0 Å². The van der Waals surface area contributed by atoms with E-state index in [4.69, 9.17) is 0 Å². The van der Waals surface area contributed by atoms with Gasteiger partial charge in [-0.1, -0.05) is 30.4 Å². The highest BCUT2D eigenvalue weighted by atomic mass is 35.5. The Morgan fingerprint density at radius 3 is 2.63 bits per heavy atom. The van der Waals surface area contributed by atoms with Crippen molar-refractivity contribution in [1.29, 1.82) is 0 Å². The summed E-state index contributed by atoms with van der Waals surface area (Å²) < 4.78 is 0. The summed E-state index contributed by atoms with van der Waals surface area (Å²) in [5.41, 5.74) is 1.49. The topological polar surface area (TPSA) is 52.7 Å². The minimum atomic E-state index is -0.117. The third-order valence-corrected chi connectivity index (χ3v) is 5.21. The van der Waals surface area contributed by atoms with Crippen molar-refractivity contribution in [2.24, 2.45) is 5.92 Å². The van der Waals surface area contributed by atoms with Crippen molar-refractivity contribution >= 4 is 29.9 Å². The van der Waals surface area contributed by atoms with E-state index in [2.05, 4.69) is 22.1 Å². The standard InChI is InChI=1S/C21H27N3O2.ClH/c1-16(25)22-20-9-5-4-8-17(20)10-11-19-14-18(21(26)23(19)2)15-24-12-6-3-7-13-24;/h4-5,8-9,18-19H,3,6-7,12-15H2,1-2H3,(H,22,25);1H/t18-,19-;/m1./s1. The molecule has 0 unspecified atom stereocenters. The van der Waals surface area contributed by atoms with E-state index < -0.39 is 0 Å². The highest BCUT2D eigenvalue weighted by Crippen LogP contribution is 2.25. The molecular formula is C21H28ClN3O2. The molecule has 27 heavy (non-hydrogen) atoms. The van der Waals surface area contributed by atoms with Crippen LogP contribution in [0.5, 0.6) is 0 Å². The fraction of sp³-hybridized carbons (Fsp3) is 0.524. The number of anilines is 1. The van der Waals surface area contributed by atoms with Crippen molar-refractivity contribution in [1.82, 2.24) is 9.80 Å². The molecule has 0 bridgehead atoms. The lowest BCUT2D eigenvalue weighted by molar-refractivity contribution is -0.130. The number of rotatable bonds is 3. The maximum atomic E-state index is 12.6. The second kappa shape index (κ2) is 9.77. The molecule has 3 rings (SSSR count). The molecule has 1 aromatic rings. The number of benzene rings is 1. The summed E-state index contributed by atoms with van der Waals surface area (Å²) >= 11 is 0. The molecule has 1 aromatic carbocycles. The van der Waals surface area contributed by atoms with Gasteiger partial charge in [0.1, 0.15) is 0 Å². The van der Waals surface area contributed by atoms with Gasteiger partial charge in [-0.15, -0.1) is 12.4 Å². The van der Waals surface area contributed by atoms with E-state index in [0.29, 0.717) is 5.69 Å². The van der Waals surface area contributed by atoms with Crippen molar-refractivity contribution in [3.8, 4) is 11.8 Å². The molecular weight excluding hydrogens is 362 g/mol. The second-order valence-electron chi connectivity index (χ2n) is 7.25. The van der Waals surface area contributed by atoms with E-state index in [-0.39, 0.29) is 36.2 Å². The van der Waals surface area contributed by atoms with Gasteiger partial charge in [0, 0.05) is 26.1 Å². The lowest BCUT2D eigenvalue weighted by atomic mass is 10.0. The van der Waals surface area contributed by atoms with E-state index in [0.717, 1.165) is 31.6 Å². The third kappa shape index (κ3) is 5.47. The smallest absolute Gasteiger partial charge is 0.227 e. The lowest BCUT2D eigenvalue weighted by Crippen LogP contribution is -2.37. The molecule has 5 nitrogen and oxygen atoms in total. The summed E-state index contributed by atoms with van der Waals surface area (Å²) in [6.45, 7) is 4.55. The first-order valence-corrected chi connectivity index (χ1v) is 9.42. The molecule has 2 aliphatic heterocycles. The first-order chi connectivity index (χ1) is 12.5. The van der Waals surface area contributed by atoms with Crippen molar-refractivity contribution < 1.29 is 9.59 Å². The summed E-state index contributed by atoms with van der Waals surface area (Å²) in [6, 6.07) is 7.44. The zero-order chi connectivity index (χ0) is 18.5. The molecule has 0 saturated carbocycles. The van der Waals surface area contributed by atoms with Crippen LogP contribution in [0.1, 0.15) is 38.2 Å². The van der Waals surface area contributed by atoms with E-state index in [1.54, 1.807) is 4.90 Å². The zero-order valence-electron chi connectivity index (χ0n) is 16.0. The molecule has 2 fully saturated rings. The van der Waals surface area contributed by atoms with Gasteiger partial charge in [0.15, 0.2) is 0 Å². The molecule has 6 heteroatoms. The quantitative estimate of drug-likeness (QED) is 0.809. The van der Waals surface area contributed by atoms with Crippen LogP contribution in [0.2, 0.25) is 0 Å². The average molecular weight is 390 g/mol. The lowest BCUT2D eigenvalue weighted by Gasteiger charge is -2.28. The van der Waals surface area contributed by atoms with Gasteiger partial charge in [-0.2, -0.15) is 0 Å². The van der Waals surface area contributed by atoms with Crippen LogP contribution in [0, 0.1) is 17.8 Å². The van der Waals surface area contributed by atoms with Gasteiger partial charge in [-0.3, -0.25) is 9.59 Å². The van der Waals surface area contributed by atoms with E-state index in [1.807, 2.05) is 31.3 Å². The number of nitrogens with zero attached hydrogens (tertiary/aromatic N) is 2. The monoisotopic (exact) mass is 389 g/mol. The second-order valence-corrected chi connectivity index (χ2v) is 7.25. The summed E-state index contributed by atoms with van der Waals surface area (Å²) in [6.07, 6.45) is 4.55. The Bertz CT molecular complexity index is 734. The highest BCUT2D eigenvalue weighted by molar-refractivity contribution is 5.90.